The van der Waals surface area contributed by atoms with Gasteiger partial charge in [-0.05, 0) is 51.3 Å². The molecule has 1 atom stereocenters. The Kier molecular flexibility index (Phi) is 5.18. The molecule has 3 nitrogen and oxygen atoms in total. The molecule has 20 heavy (non-hydrogen) atoms. The van der Waals surface area contributed by atoms with Crippen molar-refractivity contribution in [2.24, 2.45) is 0 Å². The molecule has 0 unspecified atom stereocenters. The summed E-state index contributed by atoms with van der Waals surface area (Å²) in [5.41, 5.74) is 3.88. The Morgan fingerprint density at radius 1 is 1.40 bits per heavy atom. The molecule has 1 saturated heterocycles. The predicted molar refractivity (Wildman–Crippen MR) is 82.9 cm³/mol. The first kappa shape index (κ1) is 15.0. The Morgan fingerprint density at radius 2 is 2.20 bits per heavy atom. The second-order valence-electron chi connectivity index (χ2n) is 5.90. The molecule has 1 aliphatic rings. The van der Waals surface area contributed by atoms with Gasteiger partial charge in [0.25, 0.3) is 0 Å². The van der Waals surface area contributed by atoms with Gasteiger partial charge in [0, 0.05) is 25.6 Å². The summed E-state index contributed by atoms with van der Waals surface area (Å²) in [5, 5.41) is 3.28. The number of carbonyl (C=O) groups is 1. The monoisotopic (exact) mass is 274 g/mol. The number of hydrogen-bond donors (Lipinski definition) is 1. The first-order valence-electron chi connectivity index (χ1n) is 7.61. The zero-order valence-corrected chi connectivity index (χ0v) is 12.9. The quantitative estimate of drug-likeness (QED) is 0.914. The van der Waals surface area contributed by atoms with Crippen molar-refractivity contribution in [3.63, 3.8) is 0 Å². The van der Waals surface area contributed by atoms with Crippen LogP contribution in [-0.2, 0) is 11.2 Å². The molecule has 1 amide bonds. The van der Waals surface area contributed by atoms with Crippen molar-refractivity contribution in [2.45, 2.75) is 45.6 Å². The molecular weight excluding hydrogens is 248 g/mol. The molecule has 0 spiro atoms. The number of benzene rings is 1. The van der Waals surface area contributed by atoms with E-state index in [2.05, 4.69) is 37.4 Å². The fourth-order valence-corrected chi connectivity index (χ4v) is 2.97. The van der Waals surface area contributed by atoms with Gasteiger partial charge in [-0.3, -0.25) is 4.79 Å². The zero-order valence-electron chi connectivity index (χ0n) is 12.9. The van der Waals surface area contributed by atoms with Crippen LogP contribution in [0.5, 0.6) is 0 Å². The molecule has 1 aromatic rings. The second kappa shape index (κ2) is 6.89. The van der Waals surface area contributed by atoms with E-state index in [0.717, 1.165) is 25.9 Å². The summed E-state index contributed by atoms with van der Waals surface area (Å²) < 4.78 is 0. The lowest BCUT2D eigenvalue weighted by Gasteiger charge is -2.32. The highest BCUT2D eigenvalue weighted by Gasteiger charge is 2.22. The van der Waals surface area contributed by atoms with E-state index in [1.54, 1.807) is 0 Å². The summed E-state index contributed by atoms with van der Waals surface area (Å²) in [6.07, 6.45) is 3.77. The van der Waals surface area contributed by atoms with Crippen LogP contribution in [0.15, 0.2) is 18.2 Å². The van der Waals surface area contributed by atoms with Crippen LogP contribution in [0.25, 0.3) is 0 Å². The zero-order chi connectivity index (χ0) is 14.5. The first-order valence-corrected chi connectivity index (χ1v) is 7.61. The van der Waals surface area contributed by atoms with Crippen molar-refractivity contribution in [1.29, 1.82) is 0 Å². The highest BCUT2D eigenvalue weighted by molar-refractivity contribution is 5.76. The summed E-state index contributed by atoms with van der Waals surface area (Å²) >= 11 is 0. The van der Waals surface area contributed by atoms with Crippen molar-refractivity contribution in [3.05, 3.63) is 34.9 Å². The van der Waals surface area contributed by atoms with Gasteiger partial charge in [0.1, 0.15) is 0 Å². The Balaban J connectivity index is 1.88. The van der Waals surface area contributed by atoms with Crippen molar-refractivity contribution in [3.8, 4) is 0 Å². The minimum atomic E-state index is 0.296. The molecule has 0 aliphatic carbocycles. The predicted octanol–water partition coefficient (Wildman–Crippen LogP) is 2.45. The topological polar surface area (TPSA) is 32.3 Å². The number of likely N-dealkylation sites (N-methyl/N-ethyl adjacent to an activating group) is 1. The van der Waals surface area contributed by atoms with Crippen LogP contribution in [0.4, 0.5) is 0 Å². The molecule has 0 bridgehead atoms. The van der Waals surface area contributed by atoms with E-state index >= 15 is 0 Å². The lowest BCUT2D eigenvalue weighted by Crippen LogP contribution is -2.47. The highest BCUT2D eigenvalue weighted by Crippen LogP contribution is 2.15. The second-order valence-corrected chi connectivity index (χ2v) is 5.90. The van der Waals surface area contributed by atoms with Crippen LogP contribution in [-0.4, -0.2) is 37.0 Å². The number of rotatable bonds is 4. The van der Waals surface area contributed by atoms with Crippen LogP contribution in [0.1, 0.15) is 36.0 Å². The summed E-state index contributed by atoms with van der Waals surface area (Å²) in [7, 11) is 1.98. The summed E-state index contributed by atoms with van der Waals surface area (Å²) in [6, 6.07) is 6.95. The molecular formula is C17H26N2O. The number of aryl methyl sites for hydroxylation is 3. The highest BCUT2D eigenvalue weighted by atomic mass is 16.2. The van der Waals surface area contributed by atoms with Crippen molar-refractivity contribution >= 4 is 5.91 Å². The molecule has 1 aromatic carbocycles. The Morgan fingerprint density at radius 3 is 2.90 bits per heavy atom. The van der Waals surface area contributed by atoms with E-state index in [-0.39, 0.29) is 0 Å². The fourth-order valence-electron chi connectivity index (χ4n) is 2.97. The fraction of sp³-hybridized carbons (Fsp3) is 0.588. The lowest BCUT2D eigenvalue weighted by atomic mass is 10.0. The van der Waals surface area contributed by atoms with Gasteiger partial charge in [0.05, 0.1) is 0 Å². The molecule has 110 valence electrons. The number of nitrogens with one attached hydrogen (secondary N) is 1. The van der Waals surface area contributed by atoms with Gasteiger partial charge < -0.3 is 10.2 Å². The molecule has 0 saturated carbocycles. The molecule has 1 aliphatic heterocycles. The van der Waals surface area contributed by atoms with E-state index in [0.29, 0.717) is 18.4 Å². The van der Waals surface area contributed by atoms with Gasteiger partial charge in [0.15, 0.2) is 0 Å². The molecule has 0 radical (unpaired) electrons. The summed E-state index contributed by atoms with van der Waals surface area (Å²) in [4.78, 5) is 14.3. The number of piperidine rings is 1. The Bertz CT molecular complexity index is 470. The smallest absolute Gasteiger partial charge is 0.222 e. The SMILES string of the molecule is CN[C@H]1CCCN(C(=O)CCc2ccc(C)cc2C)C1. The largest absolute Gasteiger partial charge is 0.341 e. The molecule has 1 fully saturated rings. The van der Waals surface area contributed by atoms with Gasteiger partial charge in [-0.15, -0.1) is 0 Å². The van der Waals surface area contributed by atoms with Crippen LogP contribution in [0.2, 0.25) is 0 Å². The third-order valence-corrected chi connectivity index (χ3v) is 4.29. The van der Waals surface area contributed by atoms with Gasteiger partial charge >= 0.3 is 0 Å². The maximum absolute atomic E-state index is 12.3. The Labute approximate surface area is 122 Å². The molecule has 2 rings (SSSR count). The first-order chi connectivity index (χ1) is 9.60. The third-order valence-electron chi connectivity index (χ3n) is 4.29. The third kappa shape index (κ3) is 3.83. The van der Waals surface area contributed by atoms with Crippen molar-refractivity contribution < 1.29 is 4.79 Å². The van der Waals surface area contributed by atoms with Crippen LogP contribution in [0, 0.1) is 13.8 Å². The summed E-state index contributed by atoms with van der Waals surface area (Å²) in [6.45, 7) is 6.02. The summed E-state index contributed by atoms with van der Waals surface area (Å²) in [5.74, 6) is 0.296. The Hall–Kier alpha value is -1.35. The maximum Gasteiger partial charge on any atom is 0.222 e. The van der Waals surface area contributed by atoms with Crippen molar-refractivity contribution in [2.75, 3.05) is 20.1 Å². The van der Waals surface area contributed by atoms with Crippen LogP contribution < -0.4 is 5.32 Å². The van der Waals surface area contributed by atoms with Gasteiger partial charge in [-0.25, -0.2) is 0 Å². The molecule has 1 heterocycles. The average molecular weight is 274 g/mol. The minimum absolute atomic E-state index is 0.296. The normalized spacial score (nSPS) is 19.1. The van der Waals surface area contributed by atoms with Gasteiger partial charge in [0.2, 0.25) is 5.91 Å². The number of amides is 1. The molecule has 1 N–H and O–H groups in total. The molecule has 0 aromatic heterocycles. The van der Waals surface area contributed by atoms with E-state index in [1.165, 1.54) is 23.1 Å². The van der Waals surface area contributed by atoms with Crippen LogP contribution >= 0.6 is 0 Å². The number of hydrogen-bond acceptors (Lipinski definition) is 2. The van der Waals surface area contributed by atoms with E-state index in [9.17, 15) is 4.79 Å². The molecule has 3 heteroatoms. The van der Waals surface area contributed by atoms with E-state index in [4.69, 9.17) is 0 Å². The minimum Gasteiger partial charge on any atom is -0.341 e. The van der Waals surface area contributed by atoms with E-state index in [1.807, 2.05) is 11.9 Å². The van der Waals surface area contributed by atoms with Crippen LogP contribution in [0.3, 0.4) is 0 Å². The van der Waals surface area contributed by atoms with Crippen molar-refractivity contribution in [1.82, 2.24) is 10.2 Å². The lowest BCUT2D eigenvalue weighted by molar-refractivity contribution is -0.132. The standard InChI is InChI=1S/C17H26N2O/c1-13-6-7-15(14(2)11-13)8-9-17(20)19-10-4-5-16(12-19)18-3/h6-7,11,16,18H,4-5,8-10,12H2,1-3H3/t16-/m0/s1. The number of nitrogens with zero attached hydrogens (tertiary/aromatic N) is 1. The number of likely N-dealkylation sites (tertiary alicyclic amines) is 1. The maximum atomic E-state index is 12.3. The van der Waals surface area contributed by atoms with E-state index < -0.39 is 0 Å². The average Bonchev–Trinajstić information content (AvgIpc) is 2.46. The van der Waals surface area contributed by atoms with Gasteiger partial charge in [-0.1, -0.05) is 23.8 Å². The number of carbonyl (C=O) groups excluding carboxylic acids is 1. The van der Waals surface area contributed by atoms with Gasteiger partial charge in [-0.2, -0.15) is 0 Å².